The highest BCUT2D eigenvalue weighted by molar-refractivity contribution is 6.01. The number of aryl methyl sites for hydroxylation is 2. The van der Waals surface area contributed by atoms with Crippen LogP contribution in [0.25, 0.3) is 0 Å². The van der Waals surface area contributed by atoms with Gasteiger partial charge in [0.25, 0.3) is 5.91 Å². The third-order valence-electron chi connectivity index (χ3n) is 2.28. The fraction of sp³-hybridized carbons (Fsp3) is 0.273. The van der Waals surface area contributed by atoms with Gasteiger partial charge >= 0.3 is 5.97 Å². The Morgan fingerprint density at radius 1 is 1.30 bits per heavy atom. The van der Waals surface area contributed by atoms with Gasteiger partial charge < -0.3 is 5.11 Å². The molecule has 1 amide bonds. The van der Waals surface area contributed by atoms with Gasteiger partial charge in [-0.1, -0.05) is 5.21 Å². The van der Waals surface area contributed by atoms with Crippen LogP contribution in [0.15, 0.2) is 12.3 Å². The van der Waals surface area contributed by atoms with Crippen molar-refractivity contribution < 1.29 is 14.7 Å². The molecule has 2 aromatic heterocycles. The summed E-state index contributed by atoms with van der Waals surface area (Å²) in [7, 11) is 0. The van der Waals surface area contributed by atoms with Gasteiger partial charge in [0.15, 0.2) is 5.69 Å². The Labute approximate surface area is 113 Å². The molecule has 9 heteroatoms. The number of nitrogens with one attached hydrogen (secondary N) is 1. The lowest BCUT2D eigenvalue weighted by Gasteiger charge is -2.03. The van der Waals surface area contributed by atoms with E-state index in [1.54, 1.807) is 19.9 Å². The lowest BCUT2D eigenvalue weighted by Crippen LogP contribution is -2.15. The van der Waals surface area contributed by atoms with Crippen LogP contribution in [-0.2, 0) is 11.3 Å². The largest absolute Gasteiger partial charge is 0.480 e. The number of aromatic nitrogens is 5. The van der Waals surface area contributed by atoms with Crippen LogP contribution in [0, 0.1) is 13.8 Å². The van der Waals surface area contributed by atoms with E-state index in [-0.39, 0.29) is 18.2 Å². The Kier molecular flexibility index (Phi) is 3.69. The van der Waals surface area contributed by atoms with Gasteiger partial charge in [-0.25, -0.2) is 14.6 Å². The number of carboxylic acid groups (broad SMARTS) is 1. The van der Waals surface area contributed by atoms with Gasteiger partial charge in [0.2, 0.25) is 5.95 Å². The van der Waals surface area contributed by atoms with Crippen molar-refractivity contribution in [3.05, 3.63) is 29.3 Å². The van der Waals surface area contributed by atoms with Crippen molar-refractivity contribution in [3.63, 3.8) is 0 Å². The van der Waals surface area contributed by atoms with Crippen molar-refractivity contribution >= 4 is 17.8 Å². The normalized spacial score (nSPS) is 10.3. The lowest BCUT2D eigenvalue weighted by molar-refractivity contribution is -0.137. The van der Waals surface area contributed by atoms with E-state index < -0.39 is 11.9 Å². The molecular formula is C11H12N6O3. The van der Waals surface area contributed by atoms with Crippen LogP contribution >= 0.6 is 0 Å². The molecule has 2 heterocycles. The van der Waals surface area contributed by atoms with Gasteiger partial charge in [-0.3, -0.25) is 14.9 Å². The highest BCUT2D eigenvalue weighted by atomic mass is 16.4. The standard InChI is InChI=1S/C11H12N6O3/c1-6-3-7(2)13-11(12-6)14-10(20)8-4-17(16-15-8)5-9(18)19/h3-4H,5H2,1-2H3,(H,18,19)(H,12,13,14,20). The summed E-state index contributed by atoms with van der Waals surface area (Å²) >= 11 is 0. The third-order valence-corrected chi connectivity index (χ3v) is 2.28. The Morgan fingerprint density at radius 2 is 1.95 bits per heavy atom. The van der Waals surface area contributed by atoms with Crippen LogP contribution in [-0.4, -0.2) is 41.9 Å². The number of aliphatic carboxylic acids is 1. The van der Waals surface area contributed by atoms with E-state index in [2.05, 4.69) is 25.6 Å². The predicted molar refractivity (Wildman–Crippen MR) is 67.1 cm³/mol. The third kappa shape index (κ3) is 3.34. The number of anilines is 1. The van der Waals surface area contributed by atoms with E-state index in [1.807, 2.05) is 0 Å². The molecule has 9 nitrogen and oxygen atoms in total. The first-order valence-corrected chi connectivity index (χ1v) is 5.69. The van der Waals surface area contributed by atoms with Crippen LogP contribution < -0.4 is 5.32 Å². The molecule has 0 bridgehead atoms. The van der Waals surface area contributed by atoms with Crippen molar-refractivity contribution in [2.75, 3.05) is 5.32 Å². The number of hydrogen-bond donors (Lipinski definition) is 2. The maximum absolute atomic E-state index is 11.9. The summed E-state index contributed by atoms with van der Waals surface area (Å²) in [6, 6.07) is 1.78. The van der Waals surface area contributed by atoms with Crippen LogP contribution in [0.5, 0.6) is 0 Å². The maximum Gasteiger partial charge on any atom is 0.325 e. The van der Waals surface area contributed by atoms with Crippen molar-refractivity contribution in [1.29, 1.82) is 0 Å². The van der Waals surface area contributed by atoms with E-state index >= 15 is 0 Å². The fourth-order valence-electron chi connectivity index (χ4n) is 1.57. The molecule has 0 fully saturated rings. The predicted octanol–water partition coefficient (Wildman–Crippen LogP) is 0.0218. The molecule has 0 spiro atoms. The zero-order chi connectivity index (χ0) is 14.7. The van der Waals surface area contributed by atoms with Gasteiger partial charge in [0.05, 0.1) is 6.20 Å². The van der Waals surface area contributed by atoms with E-state index in [1.165, 1.54) is 6.20 Å². The van der Waals surface area contributed by atoms with Gasteiger partial charge in [-0.05, 0) is 19.9 Å². The number of amides is 1. The number of carboxylic acids is 1. The molecule has 0 unspecified atom stereocenters. The zero-order valence-corrected chi connectivity index (χ0v) is 10.9. The van der Waals surface area contributed by atoms with Crippen LogP contribution in [0.4, 0.5) is 5.95 Å². The molecule has 0 aliphatic carbocycles. The topological polar surface area (TPSA) is 123 Å². The average Bonchev–Trinajstić information content (AvgIpc) is 2.75. The highest BCUT2D eigenvalue weighted by Gasteiger charge is 2.13. The average molecular weight is 276 g/mol. The highest BCUT2D eigenvalue weighted by Crippen LogP contribution is 2.05. The smallest absolute Gasteiger partial charge is 0.325 e. The first-order valence-electron chi connectivity index (χ1n) is 5.69. The molecule has 2 N–H and O–H groups in total. The molecular weight excluding hydrogens is 264 g/mol. The quantitative estimate of drug-likeness (QED) is 0.806. The number of hydrogen-bond acceptors (Lipinski definition) is 6. The maximum atomic E-state index is 11.9. The van der Waals surface area contributed by atoms with Crippen molar-refractivity contribution in [1.82, 2.24) is 25.0 Å². The van der Waals surface area contributed by atoms with Crippen molar-refractivity contribution in [3.8, 4) is 0 Å². The van der Waals surface area contributed by atoms with E-state index in [0.717, 1.165) is 16.1 Å². The molecule has 20 heavy (non-hydrogen) atoms. The minimum atomic E-state index is -1.07. The summed E-state index contributed by atoms with van der Waals surface area (Å²) in [5, 5.41) is 18.2. The SMILES string of the molecule is Cc1cc(C)nc(NC(=O)c2cn(CC(=O)O)nn2)n1. The lowest BCUT2D eigenvalue weighted by atomic mass is 10.3. The second-order valence-corrected chi connectivity index (χ2v) is 4.12. The van der Waals surface area contributed by atoms with E-state index in [4.69, 9.17) is 5.11 Å². The second-order valence-electron chi connectivity index (χ2n) is 4.12. The summed E-state index contributed by atoms with van der Waals surface area (Å²) < 4.78 is 1.06. The molecule has 0 radical (unpaired) electrons. The first kappa shape index (κ1) is 13.6. The molecule has 0 aliphatic rings. The fourth-order valence-corrected chi connectivity index (χ4v) is 1.57. The number of carbonyl (C=O) groups is 2. The van der Waals surface area contributed by atoms with Crippen LogP contribution in [0.2, 0.25) is 0 Å². The van der Waals surface area contributed by atoms with E-state index in [0.29, 0.717) is 0 Å². The van der Waals surface area contributed by atoms with E-state index in [9.17, 15) is 9.59 Å². The van der Waals surface area contributed by atoms with Crippen LogP contribution in [0.1, 0.15) is 21.9 Å². The summed E-state index contributed by atoms with van der Waals surface area (Å²) in [5.41, 5.74) is 1.44. The summed E-state index contributed by atoms with van der Waals surface area (Å²) in [5.74, 6) is -1.45. The molecule has 0 saturated heterocycles. The Balaban J connectivity index is 2.11. The molecule has 0 aliphatic heterocycles. The van der Waals surface area contributed by atoms with Crippen LogP contribution in [0.3, 0.4) is 0 Å². The number of nitrogens with zero attached hydrogens (tertiary/aromatic N) is 5. The second kappa shape index (κ2) is 5.43. The summed E-state index contributed by atoms with van der Waals surface area (Å²) in [6.07, 6.45) is 1.24. The molecule has 104 valence electrons. The van der Waals surface area contributed by atoms with Gasteiger partial charge in [0, 0.05) is 11.4 Å². The first-order chi connectivity index (χ1) is 9.44. The van der Waals surface area contributed by atoms with Gasteiger partial charge in [-0.2, -0.15) is 0 Å². The number of rotatable bonds is 4. The molecule has 0 saturated carbocycles. The number of carbonyl (C=O) groups excluding carboxylic acids is 1. The van der Waals surface area contributed by atoms with Crippen molar-refractivity contribution in [2.45, 2.75) is 20.4 Å². The Morgan fingerprint density at radius 3 is 2.55 bits per heavy atom. The Bertz CT molecular complexity index is 646. The molecule has 0 aromatic carbocycles. The molecule has 0 atom stereocenters. The summed E-state index contributed by atoms with van der Waals surface area (Å²) in [4.78, 5) is 30.5. The minimum Gasteiger partial charge on any atom is -0.480 e. The van der Waals surface area contributed by atoms with Gasteiger partial charge in [0.1, 0.15) is 6.54 Å². The Hall–Kier alpha value is -2.84. The van der Waals surface area contributed by atoms with Crippen molar-refractivity contribution in [2.24, 2.45) is 0 Å². The summed E-state index contributed by atoms with van der Waals surface area (Å²) in [6.45, 7) is 3.21. The monoisotopic (exact) mass is 276 g/mol. The minimum absolute atomic E-state index is 0.00555. The molecule has 2 aromatic rings. The zero-order valence-electron chi connectivity index (χ0n) is 10.9. The molecule has 2 rings (SSSR count). The van der Waals surface area contributed by atoms with Gasteiger partial charge in [-0.15, -0.1) is 5.10 Å².